The Labute approximate surface area is 133 Å². The summed E-state index contributed by atoms with van der Waals surface area (Å²) in [6.07, 6.45) is -3.94. The zero-order valence-corrected chi connectivity index (χ0v) is 12.1. The smallest absolute Gasteiger partial charge is 0.269 e. The molecular weight excluding hydrogens is 333 g/mol. The Kier molecular flexibility index (Phi) is 3.60. The van der Waals surface area contributed by atoms with Gasteiger partial charge in [-0.15, -0.1) is 0 Å². The van der Waals surface area contributed by atoms with Crippen LogP contribution in [0.15, 0.2) is 36.5 Å². The molecule has 0 saturated carbocycles. The van der Waals surface area contributed by atoms with Crippen molar-refractivity contribution in [1.82, 2.24) is 9.88 Å². The van der Waals surface area contributed by atoms with Crippen LogP contribution in [0.2, 0.25) is 5.02 Å². The number of carbonyl (C=O) groups is 2. The van der Waals surface area contributed by atoms with E-state index < -0.39 is 23.6 Å². The number of hydrogen-bond acceptors (Lipinski definition) is 3. The monoisotopic (exact) mass is 340 g/mol. The minimum absolute atomic E-state index is 0.0224. The van der Waals surface area contributed by atoms with Crippen molar-refractivity contribution >= 4 is 23.4 Å². The molecule has 0 bridgehead atoms. The third-order valence-electron chi connectivity index (χ3n) is 3.43. The lowest BCUT2D eigenvalue weighted by Gasteiger charge is -2.15. The molecule has 0 spiro atoms. The van der Waals surface area contributed by atoms with Crippen molar-refractivity contribution in [3.8, 4) is 0 Å². The van der Waals surface area contributed by atoms with Gasteiger partial charge in [0, 0.05) is 6.20 Å². The fraction of sp³-hybridized carbons (Fsp3) is 0.133. The molecule has 0 radical (unpaired) electrons. The van der Waals surface area contributed by atoms with Crippen molar-refractivity contribution in [2.24, 2.45) is 0 Å². The van der Waals surface area contributed by atoms with Crippen molar-refractivity contribution < 1.29 is 22.8 Å². The molecule has 118 valence electrons. The minimum atomic E-state index is -4.56. The van der Waals surface area contributed by atoms with Gasteiger partial charge in [0.1, 0.15) is 0 Å². The van der Waals surface area contributed by atoms with Gasteiger partial charge in [-0.3, -0.25) is 19.5 Å². The summed E-state index contributed by atoms with van der Waals surface area (Å²) in [5.41, 5.74) is -0.469. The summed E-state index contributed by atoms with van der Waals surface area (Å²) in [5.74, 6) is -1.05. The van der Waals surface area contributed by atoms with E-state index in [1.54, 1.807) is 12.1 Å². The van der Waals surface area contributed by atoms with Crippen LogP contribution in [0.3, 0.4) is 0 Å². The van der Waals surface area contributed by atoms with Crippen molar-refractivity contribution in [2.45, 2.75) is 12.7 Å². The molecule has 2 aromatic rings. The van der Waals surface area contributed by atoms with Gasteiger partial charge in [-0.25, -0.2) is 0 Å². The first-order valence-electron chi connectivity index (χ1n) is 6.46. The molecule has 0 fully saturated rings. The molecule has 4 nitrogen and oxygen atoms in total. The van der Waals surface area contributed by atoms with Crippen molar-refractivity contribution in [3.63, 3.8) is 0 Å². The third kappa shape index (κ3) is 2.68. The van der Waals surface area contributed by atoms with Gasteiger partial charge < -0.3 is 0 Å². The molecule has 1 aromatic heterocycles. The third-order valence-corrected chi connectivity index (χ3v) is 3.76. The fourth-order valence-electron chi connectivity index (χ4n) is 2.27. The highest BCUT2D eigenvalue weighted by Gasteiger charge is 2.36. The molecule has 2 amide bonds. The van der Waals surface area contributed by atoms with Crippen LogP contribution >= 0.6 is 11.6 Å². The van der Waals surface area contributed by atoms with E-state index in [2.05, 4.69) is 4.98 Å². The topological polar surface area (TPSA) is 50.3 Å². The lowest BCUT2D eigenvalue weighted by Crippen LogP contribution is -2.29. The first-order chi connectivity index (χ1) is 10.8. The summed E-state index contributed by atoms with van der Waals surface area (Å²) in [5, 5.41) is -0.253. The maximum atomic E-state index is 12.6. The van der Waals surface area contributed by atoms with Gasteiger partial charge in [0.25, 0.3) is 11.8 Å². The molecule has 0 N–H and O–H groups in total. The molecule has 8 heteroatoms. The van der Waals surface area contributed by atoms with Gasteiger partial charge in [0.05, 0.1) is 34.0 Å². The molecule has 1 aromatic carbocycles. The maximum Gasteiger partial charge on any atom is 0.417 e. The van der Waals surface area contributed by atoms with Crippen LogP contribution in [-0.4, -0.2) is 21.7 Å². The average Bonchev–Trinajstić information content (AvgIpc) is 2.73. The van der Waals surface area contributed by atoms with Gasteiger partial charge in [0.2, 0.25) is 0 Å². The average molecular weight is 341 g/mol. The fourth-order valence-corrected chi connectivity index (χ4v) is 2.50. The van der Waals surface area contributed by atoms with E-state index in [1.807, 2.05) is 0 Å². The van der Waals surface area contributed by atoms with E-state index in [0.29, 0.717) is 6.20 Å². The SMILES string of the molecule is O=C1c2ccccc2C(=O)N1Cc1ncc(C(F)(F)F)cc1Cl. The van der Waals surface area contributed by atoms with Gasteiger partial charge in [-0.05, 0) is 18.2 Å². The lowest BCUT2D eigenvalue weighted by molar-refractivity contribution is -0.137. The molecule has 0 atom stereocenters. The van der Waals surface area contributed by atoms with Gasteiger partial charge in [0.15, 0.2) is 0 Å². The number of hydrogen-bond donors (Lipinski definition) is 0. The molecule has 2 heterocycles. The number of fused-ring (bicyclic) bond motifs is 1. The molecule has 0 unspecified atom stereocenters. The minimum Gasteiger partial charge on any atom is -0.269 e. The zero-order chi connectivity index (χ0) is 16.8. The number of carbonyl (C=O) groups excluding carboxylic acids is 2. The van der Waals surface area contributed by atoms with Crippen LogP contribution in [0.4, 0.5) is 13.2 Å². The summed E-state index contributed by atoms with van der Waals surface area (Å²) in [4.78, 5) is 29.0. The number of alkyl halides is 3. The number of amides is 2. The van der Waals surface area contributed by atoms with E-state index >= 15 is 0 Å². The number of imide groups is 1. The molecule has 0 aliphatic carbocycles. The second-order valence-corrected chi connectivity index (χ2v) is 5.30. The lowest BCUT2D eigenvalue weighted by atomic mass is 10.1. The Hall–Kier alpha value is -2.41. The number of halogens is 4. The second kappa shape index (κ2) is 5.34. The molecule has 1 aliphatic rings. The maximum absolute atomic E-state index is 12.6. The van der Waals surface area contributed by atoms with E-state index in [4.69, 9.17) is 11.6 Å². The quantitative estimate of drug-likeness (QED) is 0.786. The van der Waals surface area contributed by atoms with Crippen molar-refractivity contribution in [2.75, 3.05) is 0 Å². The van der Waals surface area contributed by atoms with Gasteiger partial charge in [-0.2, -0.15) is 13.2 Å². The van der Waals surface area contributed by atoms with Crippen LogP contribution in [-0.2, 0) is 12.7 Å². The second-order valence-electron chi connectivity index (χ2n) is 4.89. The standard InChI is InChI=1S/C15H8ClF3N2O2/c16-11-5-8(15(17,18)19)6-20-12(11)7-21-13(22)9-3-1-2-4-10(9)14(21)23/h1-6H,7H2. The Balaban J connectivity index is 1.89. The Morgan fingerprint density at radius 1 is 1.09 bits per heavy atom. The molecule has 0 saturated heterocycles. The van der Waals surface area contributed by atoms with Crippen molar-refractivity contribution in [1.29, 1.82) is 0 Å². The molecular formula is C15H8ClF3N2O2. The predicted molar refractivity (Wildman–Crippen MR) is 74.9 cm³/mol. The van der Waals surface area contributed by atoms with Gasteiger partial charge in [-0.1, -0.05) is 23.7 Å². The highest BCUT2D eigenvalue weighted by Crippen LogP contribution is 2.32. The number of nitrogens with zero attached hydrogens (tertiary/aromatic N) is 2. The van der Waals surface area contributed by atoms with E-state index in [0.717, 1.165) is 11.0 Å². The number of pyridine rings is 1. The van der Waals surface area contributed by atoms with Crippen LogP contribution in [0.5, 0.6) is 0 Å². The van der Waals surface area contributed by atoms with Crippen LogP contribution in [0.1, 0.15) is 32.0 Å². The molecule has 1 aliphatic heterocycles. The number of rotatable bonds is 2. The molecule has 23 heavy (non-hydrogen) atoms. The predicted octanol–water partition coefficient (Wildman–Crippen LogP) is 3.55. The van der Waals surface area contributed by atoms with Crippen LogP contribution < -0.4 is 0 Å². The number of benzene rings is 1. The Morgan fingerprint density at radius 3 is 2.13 bits per heavy atom. The zero-order valence-electron chi connectivity index (χ0n) is 11.4. The highest BCUT2D eigenvalue weighted by molar-refractivity contribution is 6.31. The highest BCUT2D eigenvalue weighted by atomic mass is 35.5. The van der Waals surface area contributed by atoms with Crippen LogP contribution in [0.25, 0.3) is 0 Å². The van der Waals surface area contributed by atoms with E-state index in [1.165, 1.54) is 12.1 Å². The summed E-state index contributed by atoms with van der Waals surface area (Å²) < 4.78 is 37.8. The Morgan fingerprint density at radius 2 is 1.65 bits per heavy atom. The largest absolute Gasteiger partial charge is 0.417 e. The van der Waals surface area contributed by atoms with E-state index in [9.17, 15) is 22.8 Å². The summed E-state index contributed by atoms with van der Waals surface area (Å²) in [6.45, 7) is -0.288. The van der Waals surface area contributed by atoms with E-state index in [-0.39, 0.29) is 28.4 Å². The summed E-state index contributed by atoms with van der Waals surface area (Å²) in [6, 6.07) is 6.99. The molecule has 3 rings (SSSR count). The van der Waals surface area contributed by atoms with Crippen LogP contribution in [0, 0.1) is 0 Å². The first-order valence-corrected chi connectivity index (χ1v) is 6.83. The summed E-state index contributed by atoms with van der Waals surface area (Å²) in [7, 11) is 0. The normalized spacial score (nSPS) is 14.3. The van der Waals surface area contributed by atoms with Crippen molar-refractivity contribution in [3.05, 3.63) is 63.9 Å². The summed E-state index contributed by atoms with van der Waals surface area (Å²) >= 11 is 5.81. The first kappa shape index (κ1) is 15.5. The van der Waals surface area contributed by atoms with Gasteiger partial charge >= 0.3 is 6.18 Å². The number of aromatic nitrogens is 1. The Bertz CT molecular complexity index is 786.